The molecule has 0 unspecified atom stereocenters. The molecule has 3 aromatic rings. The smallest absolute Gasteiger partial charge is 0.135 e. The van der Waals surface area contributed by atoms with Gasteiger partial charge in [-0.15, -0.1) is 0 Å². The van der Waals surface area contributed by atoms with Crippen molar-refractivity contribution < 1.29 is 8.81 Å². The van der Waals surface area contributed by atoms with E-state index in [0.29, 0.717) is 0 Å². The number of nitrogens with two attached hydrogens (primary N) is 1. The number of fused-ring (bicyclic) bond motifs is 3. The van der Waals surface area contributed by atoms with Crippen LogP contribution in [0.2, 0.25) is 0 Å². The number of hydrogen-bond donors (Lipinski definition) is 1. The molecule has 2 nitrogen and oxygen atoms in total. The molecule has 0 spiro atoms. The maximum Gasteiger partial charge on any atom is 0.135 e. The van der Waals surface area contributed by atoms with Crippen molar-refractivity contribution in [2.45, 2.75) is 6.04 Å². The van der Waals surface area contributed by atoms with Crippen molar-refractivity contribution in [2.24, 2.45) is 5.73 Å². The molecule has 0 fully saturated rings. The van der Waals surface area contributed by atoms with Crippen LogP contribution in [0.25, 0.3) is 21.9 Å². The number of alkyl halides is 1. The fourth-order valence-corrected chi connectivity index (χ4v) is 2.06. The Morgan fingerprint density at radius 1 is 1.06 bits per heavy atom. The van der Waals surface area contributed by atoms with E-state index in [0.717, 1.165) is 27.5 Å². The summed E-state index contributed by atoms with van der Waals surface area (Å²) in [4.78, 5) is 0. The third-order valence-corrected chi connectivity index (χ3v) is 3.00. The van der Waals surface area contributed by atoms with Crippen LogP contribution in [-0.4, -0.2) is 6.67 Å². The average molecular weight is 229 g/mol. The van der Waals surface area contributed by atoms with Crippen molar-refractivity contribution in [2.75, 3.05) is 6.67 Å². The standard InChI is InChI=1S/C14H12FNO/c15-8-12(16)9-5-6-14-11(7-9)10-3-1-2-4-13(10)17-14/h1-7,12H,8,16H2/t12-/m1/s1. The highest BCUT2D eigenvalue weighted by Crippen LogP contribution is 2.30. The van der Waals surface area contributed by atoms with Gasteiger partial charge >= 0.3 is 0 Å². The van der Waals surface area contributed by atoms with E-state index in [4.69, 9.17) is 10.2 Å². The van der Waals surface area contributed by atoms with Gasteiger partial charge in [0.15, 0.2) is 0 Å². The molecule has 0 aliphatic carbocycles. The van der Waals surface area contributed by atoms with Gasteiger partial charge in [-0.25, -0.2) is 4.39 Å². The van der Waals surface area contributed by atoms with Crippen LogP contribution in [0.5, 0.6) is 0 Å². The van der Waals surface area contributed by atoms with Crippen LogP contribution in [0.4, 0.5) is 4.39 Å². The van der Waals surface area contributed by atoms with E-state index in [1.54, 1.807) is 0 Å². The summed E-state index contributed by atoms with van der Waals surface area (Å²) >= 11 is 0. The van der Waals surface area contributed by atoms with Crippen molar-refractivity contribution in [1.29, 1.82) is 0 Å². The zero-order valence-corrected chi connectivity index (χ0v) is 9.19. The fourth-order valence-electron chi connectivity index (χ4n) is 2.06. The van der Waals surface area contributed by atoms with Crippen molar-refractivity contribution in [3.05, 3.63) is 48.0 Å². The second kappa shape index (κ2) is 3.86. The minimum Gasteiger partial charge on any atom is -0.456 e. The molecular weight excluding hydrogens is 217 g/mol. The lowest BCUT2D eigenvalue weighted by molar-refractivity contribution is 0.437. The first-order valence-electron chi connectivity index (χ1n) is 5.52. The van der Waals surface area contributed by atoms with Gasteiger partial charge in [0.2, 0.25) is 0 Å². The van der Waals surface area contributed by atoms with Crippen LogP contribution < -0.4 is 5.73 Å². The molecule has 0 radical (unpaired) electrons. The molecule has 3 heteroatoms. The lowest BCUT2D eigenvalue weighted by Crippen LogP contribution is -2.11. The highest BCUT2D eigenvalue weighted by Gasteiger charge is 2.10. The summed E-state index contributed by atoms with van der Waals surface area (Å²) in [7, 11) is 0. The normalized spacial score (nSPS) is 13.3. The van der Waals surface area contributed by atoms with Gasteiger partial charge in [0, 0.05) is 10.8 Å². The summed E-state index contributed by atoms with van der Waals surface area (Å²) in [5, 5.41) is 2.03. The Morgan fingerprint density at radius 2 is 1.82 bits per heavy atom. The Kier molecular flexibility index (Phi) is 2.34. The maximum atomic E-state index is 12.6. The quantitative estimate of drug-likeness (QED) is 0.729. The average Bonchev–Trinajstić information content (AvgIpc) is 2.75. The van der Waals surface area contributed by atoms with E-state index in [9.17, 15) is 4.39 Å². The van der Waals surface area contributed by atoms with E-state index < -0.39 is 12.7 Å². The number of para-hydroxylation sites is 1. The van der Waals surface area contributed by atoms with E-state index in [1.165, 1.54) is 0 Å². The van der Waals surface area contributed by atoms with Gasteiger partial charge in [0.05, 0.1) is 6.04 Å². The number of benzene rings is 2. The molecule has 0 aliphatic rings. The first kappa shape index (κ1) is 10.3. The molecule has 86 valence electrons. The largest absolute Gasteiger partial charge is 0.456 e. The summed E-state index contributed by atoms with van der Waals surface area (Å²) in [5.41, 5.74) is 8.14. The lowest BCUT2D eigenvalue weighted by atomic mass is 10.0. The molecule has 2 aromatic carbocycles. The first-order valence-corrected chi connectivity index (χ1v) is 5.52. The molecule has 0 bridgehead atoms. The molecular formula is C14H12FNO. The molecule has 1 aromatic heterocycles. The molecule has 2 N–H and O–H groups in total. The Hall–Kier alpha value is -1.87. The Morgan fingerprint density at radius 3 is 2.65 bits per heavy atom. The van der Waals surface area contributed by atoms with Gasteiger partial charge < -0.3 is 10.2 Å². The second-order valence-corrected chi connectivity index (χ2v) is 4.11. The topological polar surface area (TPSA) is 39.2 Å². The number of furan rings is 1. The molecule has 3 rings (SSSR count). The maximum absolute atomic E-state index is 12.6. The third-order valence-electron chi connectivity index (χ3n) is 3.00. The van der Waals surface area contributed by atoms with Crippen molar-refractivity contribution in [1.82, 2.24) is 0 Å². The Bertz CT molecular complexity index is 674. The van der Waals surface area contributed by atoms with Gasteiger partial charge in [-0.2, -0.15) is 0 Å². The second-order valence-electron chi connectivity index (χ2n) is 4.11. The Labute approximate surface area is 97.8 Å². The lowest BCUT2D eigenvalue weighted by Gasteiger charge is -2.06. The van der Waals surface area contributed by atoms with Gasteiger partial charge in [-0.05, 0) is 23.8 Å². The summed E-state index contributed by atoms with van der Waals surface area (Å²) in [5.74, 6) is 0. The summed E-state index contributed by atoms with van der Waals surface area (Å²) < 4.78 is 18.3. The zero-order chi connectivity index (χ0) is 11.8. The predicted molar refractivity (Wildman–Crippen MR) is 66.6 cm³/mol. The van der Waals surface area contributed by atoms with Gasteiger partial charge in [-0.1, -0.05) is 24.3 Å². The van der Waals surface area contributed by atoms with Crippen LogP contribution in [0, 0.1) is 0 Å². The Balaban J connectivity index is 2.30. The highest BCUT2D eigenvalue weighted by atomic mass is 19.1. The van der Waals surface area contributed by atoms with Gasteiger partial charge in [-0.3, -0.25) is 0 Å². The zero-order valence-electron chi connectivity index (χ0n) is 9.19. The molecule has 1 atom stereocenters. The van der Waals surface area contributed by atoms with Crippen LogP contribution in [-0.2, 0) is 0 Å². The molecule has 0 saturated carbocycles. The summed E-state index contributed by atoms with van der Waals surface area (Å²) in [6.45, 7) is -0.554. The van der Waals surface area contributed by atoms with Crippen LogP contribution in [0.15, 0.2) is 46.9 Å². The fraction of sp³-hybridized carbons (Fsp3) is 0.143. The summed E-state index contributed by atoms with van der Waals surface area (Å²) in [6.07, 6.45) is 0. The van der Waals surface area contributed by atoms with Crippen LogP contribution in [0.3, 0.4) is 0 Å². The minimum absolute atomic E-state index is 0.554. The van der Waals surface area contributed by atoms with Crippen LogP contribution >= 0.6 is 0 Å². The van der Waals surface area contributed by atoms with E-state index in [1.807, 2.05) is 42.5 Å². The van der Waals surface area contributed by atoms with Crippen LogP contribution in [0.1, 0.15) is 11.6 Å². The monoisotopic (exact) mass is 229 g/mol. The SMILES string of the molecule is N[C@H](CF)c1ccc2oc3ccccc3c2c1. The van der Waals surface area contributed by atoms with E-state index >= 15 is 0 Å². The molecule has 17 heavy (non-hydrogen) atoms. The van der Waals surface area contributed by atoms with Crippen molar-refractivity contribution in [3.63, 3.8) is 0 Å². The van der Waals surface area contributed by atoms with Gasteiger partial charge in [0.1, 0.15) is 17.8 Å². The van der Waals surface area contributed by atoms with Crippen molar-refractivity contribution in [3.8, 4) is 0 Å². The highest BCUT2D eigenvalue weighted by molar-refractivity contribution is 6.04. The molecule has 0 saturated heterocycles. The number of halogens is 1. The van der Waals surface area contributed by atoms with E-state index in [-0.39, 0.29) is 0 Å². The molecule has 0 aliphatic heterocycles. The first-order chi connectivity index (χ1) is 8.29. The van der Waals surface area contributed by atoms with Gasteiger partial charge in [0.25, 0.3) is 0 Å². The predicted octanol–water partition coefficient (Wildman–Crippen LogP) is 3.56. The molecule has 1 heterocycles. The third kappa shape index (κ3) is 1.59. The number of rotatable bonds is 2. The van der Waals surface area contributed by atoms with E-state index in [2.05, 4.69) is 0 Å². The minimum atomic E-state index is -0.562. The number of hydrogen-bond acceptors (Lipinski definition) is 2. The molecule has 0 amide bonds. The summed E-state index contributed by atoms with van der Waals surface area (Å²) in [6, 6.07) is 12.8. The van der Waals surface area contributed by atoms with Crippen molar-refractivity contribution >= 4 is 21.9 Å².